The number of amides is 1. The first-order valence-corrected chi connectivity index (χ1v) is 9.65. The lowest BCUT2D eigenvalue weighted by Gasteiger charge is -2.42. The number of fused-ring (bicyclic) bond motifs is 1. The Labute approximate surface area is 146 Å². The van der Waals surface area contributed by atoms with Gasteiger partial charge in [-0.1, -0.05) is 58.7 Å². The third-order valence-electron chi connectivity index (χ3n) is 6.08. The van der Waals surface area contributed by atoms with E-state index >= 15 is 0 Å². The van der Waals surface area contributed by atoms with Crippen LogP contribution in [0.25, 0.3) is 0 Å². The molecule has 3 heteroatoms. The highest BCUT2D eigenvalue weighted by Gasteiger charge is 2.43. The van der Waals surface area contributed by atoms with E-state index in [-0.39, 0.29) is 12.1 Å². The third kappa shape index (κ3) is 3.23. The summed E-state index contributed by atoms with van der Waals surface area (Å²) in [5.41, 5.74) is 2.06. The second-order valence-electron chi connectivity index (χ2n) is 8.17. The number of benzene rings is 1. The van der Waals surface area contributed by atoms with Crippen LogP contribution in [0.1, 0.15) is 75.5 Å². The van der Waals surface area contributed by atoms with Gasteiger partial charge in [0.15, 0.2) is 0 Å². The number of rotatable bonds is 5. The predicted octanol–water partition coefficient (Wildman–Crippen LogP) is 4.60. The summed E-state index contributed by atoms with van der Waals surface area (Å²) in [5.74, 6) is 2.15. The van der Waals surface area contributed by atoms with Crippen LogP contribution < -0.4 is 5.32 Å². The summed E-state index contributed by atoms with van der Waals surface area (Å²) in [5, 5.41) is 3.69. The average Bonchev–Trinajstić information content (AvgIpc) is 2.83. The van der Waals surface area contributed by atoms with Crippen LogP contribution in [0.15, 0.2) is 24.3 Å². The van der Waals surface area contributed by atoms with Crippen LogP contribution in [0.2, 0.25) is 0 Å². The van der Waals surface area contributed by atoms with Gasteiger partial charge < -0.3 is 4.90 Å². The summed E-state index contributed by atoms with van der Waals surface area (Å²) in [4.78, 5) is 15.3. The van der Waals surface area contributed by atoms with Gasteiger partial charge in [-0.25, -0.2) is 0 Å². The minimum Gasteiger partial charge on any atom is -0.316 e. The van der Waals surface area contributed by atoms with E-state index in [0.717, 1.165) is 30.5 Å². The third-order valence-corrected chi connectivity index (χ3v) is 6.08. The molecule has 1 amide bonds. The minimum absolute atomic E-state index is 0.0465. The maximum absolute atomic E-state index is 13.1. The number of carbonyl (C=O) groups excluding carboxylic acids is 1. The van der Waals surface area contributed by atoms with Crippen molar-refractivity contribution in [3.63, 3.8) is 0 Å². The zero-order valence-corrected chi connectivity index (χ0v) is 15.6. The van der Waals surface area contributed by atoms with Crippen LogP contribution in [0, 0.1) is 17.8 Å². The van der Waals surface area contributed by atoms with Crippen molar-refractivity contribution in [1.82, 2.24) is 10.2 Å². The van der Waals surface area contributed by atoms with E-state index < -0.39 is 0 Å². The Balaban J connectivity index is 1.86. The fraction of sp³-hybridized carbons (Fsp3) is 0.667. The average molecular weight is 329 g/mol. The smallest absolute Gasteiger partial charge is 0.256 e. The van der Waals surface area contributed by atoms with E-state index in [9.17, 15) is 4.79 Å². The van der Waals surface area contributed by atoms with E-state index in [1.165, 1.54) is 12.8 Å². The quantitative estimate of drug-likeness (QED) is 0.856. The molecule has 1 aromatic carbocycles. The Morgan fingerprint density at radius 3 is 2.71 bits per heavy atom. The van der Waals surface area contributed by atoms with Gasteiger partial charge in [0.05, 0.1) is 0 Å². The summed E-state index contributed by atoms with van der Waals surface area (Å²) in [6.07, 6.45) is 4.84. The van der Waals surface area contributed by atoms with Crippen LogP contribution in [0.3, 0.4) is 0 Å². The summed E-state index contributed by atoms with van der Waals surface area (Å²) in [7, 11) is 0. The molecule has 0 aromatic heterocycles. The lowest BCUT2D eigenvalue weighted by atomic mass is 9.77. The Morgan fingerprint density at radius 1 is 1.21 bits per heavy atom. The van der Waals surface area contributed by atoms with Crippen molar-refractivity contribution in [2.24, 2.45) is 17.8 Å². The molecule has 4 atom stereocenters. The minimum atomic E-state index is 0.0465. The zero-order valence-electron chi connectivity index (χ0n) is 15.6. The van der Waals surface area contributed by atoms with Crippen LogP contribution in [0.4, 0.5) is 0 Å². The summed E-state index contributed by atoms with van der Waals surface area (Å²) in [6, 6.07) is 8.51. The van der Waals surface area contributed by atoms with Crippen molar-refractivity contribution in [3.05, 3.63) is 35.4 Å². The highest BCUT2D eigenvalue weighted by atomic mass is 16.2. The van der Waals surface area contributed by atoms with Gasteiger partial charge in [-0.3, -0.25) is 10.1 Å². The largest absolute Gasteiger partial charge is 0.316 e. The van der Waals surface area contributed by atoms with Gasteiger partial charge in [-0.15, -0.1) is 0 Å². The monoisotopic (exact) mass is 328 g/mol. The van der Waals surface area contributed by atoms with Gasteiger partial charge in [0, 0.05) is 17.2 Å². The molecule has 1 aliphatic carbocycles. The molecule has 0 saturated heterocycles. The van der Waals surface area contributed by atoms with E-state index in [4.69, 9.17) is 0 Å². The maximum atomic E-state index is 13.1. The van der Waals surface area contributed by atoms with Crippen molar-refractivity contribution in [3.8, 4) is 0 Å². The first kappa shape index (κ1) is 17.5. The summed E-state index contributed by atoms with van der Waals surface area (Å²) in [6.45, 7) is 10.1. The molecule has 1 aromatic rings. The molecule has 3 rings (SSSR count). The van der Waals surface area contributed by atoms with Gasteiger partial charge in [-0.2, -0.15) is 0 Å². The van der Waals surface area contributed by atoms with Gasteiger partial charge in [0.25, 0.3) is 5.91 Å². The molecular formula is C21H32N2O. The lowest BCUT2D eigenvalue weighted by Crippen LogP contribution is -2.49. The van der Waals surface area contributed by atoms with Gasteiger partial charge >= 0.3 is 0 Å². The molecule has 1 aliphatic heterocycles. The van der Waals surface area contributed by atoms with Crippen molar-refractivity contribution in [2.75, 3.05) is 6.54 Å². The normalized spacial score (nSPS) is 30.0. The predicted molar refractivity (Wildman–Crippen MR) is 98.8 cm³/mol. The fourth-order valence-corrected chi connectivity index (χ4v) is 4.34. The molecule has 1 saturated carbocycles. The van der Waals surface area contributed by atoms with Crippen molar-refractivity contribution in [1.29, 1.82) is 0 Å². The van der Waals surface area contributed by atoms with Gasteiger partial charge in [-0.05, 0) is 43.2 Å². The topological polar surface area (TPSA) is 32.3 Å². The number of carbonyl (C=O) groups is 1. The number of hydrogen-bond donors (Lipinski definition) is 1. The second kappa shape index (κ2) is 7.26. The van der Waals surface area contributed by atoms with E-state index in [1.54, 1.807) is 0 Å². The van der Waals surface area contributed by atoms with Crippen molar-refractivity contribution in [2.45, 2.75) is 65.6 Å². The number of nitrogens with one attached hydrogen (secondary N) is 1. The molecule has 2 aliphatic rings. The SMILES string of the molecule is CC(C)CCNC1c2ccccc2C(=O)N1C1CCCC(C)C1C. The Morgan fingerprint density at radius 2 is 1.96 bits per heavy atom. The first-order valence-electron chi connectivity index (χ1n) is 9.65. The molecule has 0 spiro atoms. The van der Waals surface area contributed by atoms with E-state index in [0.29, 0.717) is 23.8 Å². The van der Waals surface area contributed by atoms with E-state index in [2.05, 4.69) is 50.0 Å². The van der Waals surface area contributed by atoms with Crippen LogP contribution in [-0.2, 0) is 0 Å². The van der Waals surface area contributed by atoms with Crippen molar-refractivity contribution < 1.29 is 4.79 Å². The Bertz CT molecular complexity index is 583. The Hall–Kier alpha value is -1.35. The van der Waals surface area contributed by atoms with Crippen LogP contribution in [0.5, 0.6) is 0 Å². The Kier molecular flexibility index (Phi) is 5.29. The molecule has 1 N–H and O–H groups in total. The lowest BCUT2D eigenvalue weighted by molar-refractivity contribution is 0.0319. The molecule has 132 valence electrons. The zero-order chi connectivity index (χ0) is 17.3. The maximum Gasteiger partial charge on any atom is 0.256 e. The van der Waals surface area contributed by atoms with Gasteiger partial charge in [0.2, 0.25) is 0 Å². The second-order valence-corrected chi connectivity index (χ2v) is 8.17. The standard InChI is InChI=1S/C21H32N2O/c1-14(2)12-13-22-20-17-9-5-6-10-18(17)21(24)23(20)19-11-7-8-15(3)16(19)4/h5-6,9-10,14-16,19-20,22H,7-8,11-13H2,1-4H3. The fourth-order valence-electron chi connectivity index (χ4n) is 4.34. The molecule has 1 fully saturated rings. The molecule has 1 heterocycles. The van der Waals surface area contributed by atoms with Crippen LogP contribution >= 0.6 is 0 Å². The summed E-state index contributed by atoms with van der Waals surface area (Å²) >= 11 is 0. The highest BCUT2D eigenvalue weighted by molar-refractivity contribution is 5.99. The molecule has 3 nitrogen and oxygen atoms in total. The highest BCUT2D eigenvalue weighted by Crippen LogP contribution is 2.41. The van der Waals surface area contributed by atoms with Gasteiger partial charge in [0.1, 0.15) is 6.17 Å². The van der Waals surface area contributed by atoms with Crippen LogP contribution in [-0.4, -0.2) is 23.4 Å². The number of hydrogen-bond acceptors (Lipinski definition) is 2. The van der Waals surface area contributed by atoms with E-state index in [1.807, 2.05) is 12.1 Å². The first-order chi connectivity index (χ1) is 11.5. The molecule has 24 heavy (non-hydrogen) atoms. The van der Waals surface area contributed by atoms with Crippen molar-refractivity contribution >= 4 is 5.91 Å². The molecular weight excluding hydrogens is 296 g/mol. The molecule has 4 unspecified atom stereocenters. The molecule has 0 bridgehead atoms. The molecule has 0 radical (unpaired) electrons. The number of nitrogens with zero attached hydrogens (tertiary/aromatic N) is 1. The summed E-state index contributed by atoms with van der Waals surface area (Å²) < 4.78 is 0.